The van der Waals surface area contributed by atoms with Gasteiger partial charge in [-0.05, 0) is 33.4 Å². The molecule has 4 heteroatoms. The lowest BCUT2D eigenvalue weighted by atomic mass is 10.2. The molecule has 0 saturated heterocycles. The zero-order valence-corrected chi connectivity index (χ0v) is 9.85. The van der Waals surface area contributed by atoms with Crippen LogP contribution in [0.4, 0.5) is 0 Å². The highest BCUT2D eigenvalue weighted by Gasteiger charge is 2.05. The fourth-order valence-electron chi connectivity index (χ4n) is 1.54. The molecule has 1 unspecified atom stereocenters. The normalized spacial score (nSPS) is 13.4. The minimum absolute atomic E-state index is 0.219. The van der Waals surface area contributed by atoms with Crippen LogP contribution in [0.3, 0.4) is 0 Å². The minimum Gasteiger partial charge on any atom is -0.393 e. The number of aliphatic hydroxyl groups excluding tert-OH is 1. The van der Waals surface area contributed by atoms with Gasteiger partial charge in [-0.15, -0.1) is 0 Å². The summed E-state index contributed by atoms with van der Waals surface area (Å²) >= 11 is 0. The first-order chi connectivity index (χ1) is 7.13. The molecule has 1 rings (SSSR count). The van der Waals surface area contributed by atoms with Gasteiger partial charge in [-0.2, -0.15) is 5.10 Å². The van der Waals surface area contributed by atoms with Gasteiger partial charge in [0.15, 0.2) is 0 Å². The fourth-order valence-corrected chi connectivity index (χ4v) is 1.54. The van der Waals surface area contributed by atoms with E-state index in [-0.39, 0.29) is 6.10 Å². The summed E-state index contributed by atoms with van der Waals surface area (Å²) in [7, 11) is 2.06. The van der Waals surface area contributed by atoms with E-state index in [4.69, 9.17) is 0 Å². The second kappa shape index (κ2) is 5.88. The third-order valence-corrected chi connectivity index (χ3v) is 2.46. The molecule has 0 amide bonds. The Morgan fingerprint density at radius 2 is 2.33 bits per heavy atom. The Morgan fingerprint density at radius 1 is 1.60 bits per heavy atom. The van der Waals surface area contributed by atoms with Crippen LogP contribution in [0, 0.1) is 0 Å². The average Bonchev–Trinajstić information content (AvgIpc) is 2.62. The summed E-state index contributed by atoms with van der Waals surface area (Å²) in [6, 6.07) is 2.04. The number of aryl methyl sites for hydroxylation is 1. The Labute approximate surface area is 91.5 Å². The molecule has 0 radical (unpaired) electrons. The van der Waals surface area contributed by atoms with E-state index < -0.39 is 0 Å². The molecular formula is C11H21N3O. The van der Waals surface area contributed by atoms with Crippen molar-refractivity contribution in [1.82, 2.24) is 14.7 Å². The van der Waals surface area contributed by atoms with Crippen molar-refractivity contribution < 1.29 is 5.11 Å². The van der Waals surface area contributed by atoms with E-state index in [2.05, 4.69) is 24.0 Å². The van der Waals surface area contributed by atoms with Crippen LogP contribution < -0.4 is 0 Å². The SMILES string of the molecule is CCn1nccc1CN(C)CCC(C)O. The molecule has 0 fully saturated rings. The summed E-state index contributed by atoms with van der Waals surface area (Å²) in [6.07, 6.45) is 2.43. The van der Waals surface area contributed by atoms with Crippen molar-refractivity contribution in [2.24, 2.45) is 0 Å². The van der Waals surface area contributed by atoms with E-state index in [9.17, 15) is 5.11 Å². The molecule has 0 aliphatic carbocycles. The third kappa shape index (κ3) is 4.01. The largest absolute Gasteiger partial charge is 0.393 e. The van der Waals surface area contributed by atoms with Crippen molar-refractivity contribution in [3.05, 3.63) is 18.0 Å². The third-order valence-electron chi connectivity index (χ3n) is 2.46. The highest BCUT2D eigenvalue weighted by atomic mass is 16.3. The van der Waals surface area contributed by atoms with Crippen LogP contribution in [0.5, 0.6) is 0 Å². The summed E-state index contributed by atoms with van der Waals surface area (Å²) in [4.78, 5) is 2.20. The van der Waals surface area contributed by atoms with E-state index in [0.29, 0.717) is 0 Å². The summed E-state index contributed by atoms with van der Waals surface area (Å²) < 4.78 is 2.00. The lowest BCUT2D eigenvalue weighted by Gasteiger charge is -2.17. The van der Waals surface area contributed by atoms with Gasteiger partial charge in [0.05, 0.1) is 11.8 Å². The molecule has 0 aromatic carbocycles. The first-order valence-corrected chi connectivity index (χ1v) is 5.50. The predicted octanol–water partition coefficient (Wildman–Crippen LogP) is 1.11. The maximum atomic E-state index is 9.18. The van der Waals surface area contributed by atoms with Crippen molar-refractivity contribution in [2.75, 3.05) is 13.6 Å². The van der Waals surface area contributed by atoms with Gasteiger partial charge in [-0.3, -0.25) is 4.68 Å². The zero-order valence-electron chi connectivity index (χ0n) is 9.85. The van der Waals surface area contributed by atoms with E-state index in [1.165, 1.54) is 5.69 Å². The van der Waals surface area contributed by atoms with Crippen LogP contribution in [-0.2, 0) is 13.1 Å². The highest BCUT2D eigenvalue weighted by molar-refractivity contribution is 4.99. The molecule has 0 saturated carbocycles. The molecule has 86 valence electrons. The smallest absolute Gasteiger partial charge is 0.0524 e. The van der Waals surface area contributed by atoms with E-state index in [1.807, 2.05) is 23.9 Å². The number of aromatic nitrogens is 2. The Kier molecular flexibility index (Phi) is 4.78. The summed E-state index contributed by atoms with van der Waals surface area (Å²) in [6.45, 7) is 6.62. The van der Waals surface area contributed by atoms with Gasteiger partial charge in [0, 0.05) is 25.8 Å². The van der Waals surface area contributed by atoms with E-state index in [0.717, 1.165) is 26.1 Å². The molecule has 0 spiro atoms. The van der Waals surface area contributed by atoms with E-state index in [1.54, 1.807) is 0 Å². The molecule has 1 aromatic heterocycles. The van der Waals surface area contributed by atoms with Crippen LogP contribution >= 0.6 is 0 Å². The van der Waals surface area contributed by atoms with Gasteiger partial charge in [-0.25, -0.2) is 0 Å². The van der Waals surface area contributed by atoms with Gasteiger partial charge in [0.1, 0.15) is 0 Å². The zero-order chi connectivity index (χ0) is 11.3. The molecule has 4 nitrogen and oxygen atoms in total. The quantitative estimate of drug-likeness (QED) is 0.766. The molecule has 1 N–H and O–H groups in total. The summed E-state index contributed by atoms with van der Waals surface area (Å²) in [5, 5.41) is 13.4. The van der Waals surface area contributed by atoms with Crippen molar-refractivity contribution in [2.45, 2.75) is 39.5 Å². The number of aliphatic hydroxyl groups is 1. The first kappa shape index (κ1) is 12.2. The van der Waals surface area contributed by atoms with Crippen molar-refractivity contribution in [3.8, 4) is 0 Å². The Bertz CT molecular complexity index is 283. The maximum absolute atomic E-state index is 9.18. The number of hydrogen-bond acceptors (Lipinski definition) is 3. The Balaban J connectivity index is 2.40. The van der Waals surface area contributed by atoms with Crippen LogP contribution in [0.25, 0.3) is 0 Å². The molecule has 15 heavy (non-hydrogen) atoms. The van der Waals surface area contributed by atoms with Crippen LogP contribution in [-0.4, -0.2) is 39.5 Å². The maximum Gasteiger partial charge on any atom is 0.0524 e. The molecule has 1 aromatic rings. The van der Waals surface area contributed by atoms with Crippen molar-refractivity contribution in [1.29, 1.82) is 0 Å². The van der Waals surface area contributed by atoms with Gasteiger partial charge in [0.25, 0.3) is 0 Å². The van der Waals surface area contributed by atoms with E-state index >= 15 is 0 Å². The summed E-state index contributed by atoms with van der Waals surface area (Å²) in [5.74, 6) is 0. The molecule has 0 aliphatic rings. The lowest BCUT2D eigenvalue weighted by molar-refractivity contribution is 0.162. The average molecular weight is 211 g/mol. The predicted molar refractivity (Wildman–Crippen MR) is 60.5 cm³/mol. The van der Waals surface area contributed by atoms with Crippen LogP contribution in [0.1, 0.15) is 26.0 Å². The first-order valence-electron chi connectivity index (χ1n) is 5.50. The second-order valence-corrected chi connectivity index (χ2v) is 4.01. The highest BCUT2D eigenvalue weighted by Crippen LogP contribution is 2.04. The molecule has 1 atom stereocenters. The summed E-state index contributed by atoms with van der Waals surface area (Å²) in [5.41, 5.74) is 1.23. The van der Waals surface area contributed by atoms with Crippen LogP contribution in [0.15, 0.2) is 12.3 Å². The van der Waals surface area contributed by atoms with Crippen molar-refractivity contribution in [3.63, 3.8) is 0 Å². The topological polar surface area (TPSA) is 41.3 Å². The van der Waals surface area contributed by atoms with Gasteiger partial charge in [0.2, 0.25) is 0 Å². The number of rotatable bonds is 6. The van der Waals surface area contributed by atoms with Crippen molar-refractivity contribution >= 4 is 0 Å². The van der Waals surface area contributed by atoms with Crippen LogP contribution in [0.2, 0.25) is 0 Å². The molecule has 0 bridgehead atoms. The number of nitrogens with zero attached hydrogens (tertiary/aromatic N) is 3. The van der Waals surface area contributed by atoms with Gasteiger partial charge in [-0.1, -0.05) is 0 Å². The Hall–Kier alpha value is -0.870. The number of hydrogen-bond donors (Lipinski definition) is 1. The Morgan fingerprint density at radius 3 is 2.93 bits per heavy atom. The van der Waals surface area contributed by atoms with Gasteiger partial charge >= 0.3 is 0 Å². The van der Waals surface area contributed by atoms with Gasteiger partial charge < -0.3 is 10.0 Å². The molecular weight excluding hydrogens is 190 g/mol. The minimum atomic E-state index is -0.219. The lowest BCUT2D eigenvalue weighted by Crippen LogP contribution is -2.23. The standard InChI is InChI=1S/C11H21N3O/c1-4-14-11(5-7-12-14)9-13(3)8-6-10(2)15/h5,7,10,15H,4,6,8-9H2,1-3H3. The fraction of sp³-hybridized carbons (Fsp3) is 0.727. The molecule has 1 heterocycles. The molecule has 0 aliphatic heterocycles. The monoisotopic (exact) mass is 211 g/mol. The second-order valence-electron chi connectivity index (χ2n) is 4.01.